The molecule has 0 aliphatic rings. The van der Waals surface area contributed by atoms with Crippen LogP contribution in [0.1, 0.15) is 64.7 Å². The highest BCUT2D eigenvalue weighted by atomic mass is 16.5. The second-order valence-electron chi connectivity index (χ2n) is 4.16. The Morgan fingerprint density at radius 1 is 0.733 bits per heavy atom. The summed E-state index contributed by atoms with van der Waals surface area (Å²) in [5.74, 6) is 0. The van der Waals surface area contributed by atoms with Gasteiger partial charge in [0.1, 0.15) is 0 Å². The van der Waals surface area contributed by atoms with Gasteiger partial charge in [0, 0.05) is 19.8 Å². The molecule has 0 saturated carbocycles. The highest BCUT2D eigenvalue weighted by Gasteiger charge is 1.91. The summed E-state index contributed by atoms with van der Waals surface area (Å²) >= 11 is 0. The van der Waals surface area contributed by atoms with Crippen molar-refractivity contribution in [3.05, 3.63) is 0 Å². The normalized spacial score (nSPS) is 10.8. The fourth-order valence-electron chi connectivity index (χ4n) is 1.58. The summed E-state index contributed by atoms with van der Waals surface area (Å²) in [6.07, 6.45) is 11.0. The monoisotopic (exact) mass is 216 g/mol. The topological polar surface area (TPSA) is 29.5 Å². The Morgan fingerprint density at radius 2 is 1.27 bits per heavy atom. The lowest BCUT2D eigenvalue weighted by Gasteiger charge is -2.03. The maximum atomic E-state index is 8.58. The Kier molecular flexibility index (Phi) is 13.8. The summed E-state index contributed by atoms with van der Waals surface area (Å²) in [7, 11) is 0. The standard InChI is InChI=1S/C13H28O2/c1-2-3-4-6-9-12-15-13-10-7-5-8-11-14/h14H,2-13H2,1H3. The summed E-state index contributed by atoms with van der Waals surface area (Å²) in [5, 5.41) is 8.58. The van der Waals surface area contributed by atoms with E-state index >= 15 is 0 Å². The maximum absolute atomic E-state index is 8.58. The van der Waals surface area contributed by atoms with Crippen LogP contribution in [0.25, 0.3) is 0 Å². The minimum Gasteiger partial charge on any atom is -0.396 e. The molecule has 0 saturated heterocycles. The van der Waals surface area contributed by atoms with Gasteiger partial charge in [-0.15, -0.1) is 0 Å². The molecular formula is C13H28O2. The number of unbranched alkanes of at least 4 members (excludes halogenated alkanes) is 7. The molecule has 0 heterocycles. The molecule has 0 unspecified atom stereocenters. The zero-order chi connectivity index (χ0) is 11.2. The van der Waals surface area contributed by atoms with Crippen molar-refractivity contribution in [2.75, 3.05) is 19.8 Å². The van der Waals surface area contributed by atoms with Crippen LogP contribution in [0.15, 0.2) is 0 Å². The maximum Gasteiger partial charge on any atom is 0.0466 e. The molecule has 2 heteroatoms. The van der Waals surface area contributed by atoms with Crippen LogP contribution >= 0.6 is 0 Å². The second-order valence-corrected chi connectivity index (χ2v) is 4.16. The Morgan fingerprint density at radius 3 is 1.80 bits per heavy atom. The first-order valence-electron chi connectivity index (χ1n) is 6.60. The van der Waals surface area contributed by atoms with Crippen LogP contribution in [0.3, 0.4) is 0 Å². The number of ether oxygens (including phenoxy) is 1. The van der Waals surface area contributed by atoms with Gasteiger partial charge in [0.2, 0.25) is 0 Å². The van der Waals surface area contributed by atoms with Crippen LogP contribution in [0.2, 0.25) is 0 Å². The largest absolute Gasteiger partial charge is 0.396 e. The van der Waals surface area contributed by atoms with E-state index in [4.69, 9.17) is 9.84 Å². The zero-order valence-corrected chi connectivity index (χ0v) is 10.3. The van der Waals surface area contributed by atoms with Crippen LogP contribution in [0.5, 0.6) is 0 Å². The van der Waals surface area contributed by atoms with Crippen molar-refractivity contribution >= 4 is 0 Å². The third-order valence-electron chi connectivity index (χ3n) is 2.59. The van der Waals surface area contributed by atoms with E-state index < -0.39 is 0 Å². The highest BCUT2D eigenvalue weighted by molar-refractivity contribution is 4.44. The van der Waals surface area contributed by atoms with Crippen molar-refractivity contribution in [3.63, 3.8) is 0 Å². The Balaban J connectivity index is 2.81. The van der Waals surface area contributed by atoms with Gasteiger partial charge in [-0.3, -0.25) is 0 Å². The third-order valence-corrected chi connectivity index (χ3v) is 2.59. The van der Waals surface area contributed by atoms with Crippen molar-refractivity contribution < 1.29 is 9.84 Å². The quantitative estimate of drug-likeness (QED) is 0.506. The van der Waals surface area contributed by atoms with Gasteiger partial charge in [-0.25, -0.2) is 0 Å². The van der Waals surface area contributed by atoms with Crippen molar-refractivity contribution in [1.29, 1.82) is 0 Å². The first kappa shape index (κ1) is 14.9. The van der Waals surface area contributed by atoms with Gasteiger partial charge in [-0.05, 0) is 19.3 Å². The molecule has 15 heavy (non-hydrogen) atoms. The molecule has 1 N–H and O–H groups in total. The average Bonchev–Trinajstić information content (AvgIpc) is 2.26. The van der Waals surface area contributed by atoms with E-state index in [1.165, 1.54) is 38.5 Å². The van der Waals surface area contributed by atoms with Gasteiger partial charge in [-0.1, -0.05) is 45.4 Å². The molecule has 0 atom stereocenters. The molecule has 0 rings (SSSR count). The first-order chi connectivity index (χ1) is 7.41. The fourth-order valence-corrected chi connectivity index (χ4v) is 1.58. The molecule has 0 fully saturated rings. The summed E-state index contributed by atoms with van der Waals surface area (Å²) < 4.78 is 5.53. The van der Waals surface area contributed by atoms with Gasteiger partial charge < -0.3 is 9.84 Å². The van der Waals surface area contributed by atoms with E-state index in [9.17, 15) is 0 Å². The molecule has 0 aromatic carbocycles. The van der Waals surface area contributed by atoms with Crippen molar-refractivity contribution in [1.82, 2.24) is 0 Å². The van der Waals surface area contributed by atoms with Gasteiger partial charge in [-0.2, -0.15) is 0 Å². The minimum atomic E-state index is 0.332. The Hall–Kier alpha value is -0.0800. The predicted molar refractivity (Wildman–Crippen MR) is 65.1 cm³/mol. The molecule has 0 aliphatic carbocycles. The van der Waals surface area contributed by atoms with Crippen molar-refractivity contribution in [2.24, 2.45) is 0 Å². The lowest BCUT2D eigenvalue weighted by atomic mass is 10.2. The lowest BCUT2D eigenvalue weighted by Crippen LogP contribution is -1.97. The number of rotatable bonds is 12. The molecule has 0 aromatic rings. The summed E-state index contributed by atoms with van der Waals surface area (Å²) in [5.41, 5.74) is 0. The highest BCUT2D eigenvalue weighted by Crippen LogP contribution is 2.03. The van der Waals surface area contributed by atoms with Crippen LogP contribution in [-0.4, -0.2) is 24.9 Å². The molecule has 0 spiro atoms. The molecule has 2 nitrogen and oxygen atoms in total. The molecule has 0 bridgehead atoms. The Bertz CT molecular complexity index is 92.7. The molecule has 0 aliphatic heterocycles. The van der Waals surface area contributed by atoms with E-state index in [0.717, 1.165) is 32.5 Å². The van der Waals surface area contributed by atoms with E-state index in [0.29, 0.717) is 6.61 Å². The van der Waals surface area contributed by atoms with Gasteiger partial charge in [0.25, 0.3) is 0 Å². The van der Waals surface area contributed by atoms with E-state index in [1.54, 1.807) is 0 Å². The van der Waals surface area contributed by atoms with E-state index in [-0.39, 0.29) is 0 Å². The van der Waals surface area contributed by atoms with Gasteiger partial charge in [0.15, 0.2) is 0 Å². The van der Waals surface area contributed by atoms with Crippen LogP contribution in [-0.2, 0) is 4.74 Å². The number of hydrogen-bond acceptors (Lipinski definition) is 2. The number of aliphatic hydroxyl groups excluding tert-OH is 1. The summed E-state index contributed by atoms with van der Waals surface area (Å²) in [6.45, 7) is 4.41. The number of hydrogen-bond donors (Lipinski definition) is 1. The smallest absolute Gasteiger partial charge is 0.0466 e. The van der Waals surface area contributed by atoms with Crippen LogP contribution in [0, 0.1) is 0 Å². The molecule has 0 amide bonds. The van der Waals surface area contributed by atoms with E-state index in [1.807, 2.05) is 0 Å². The van der Waals surface area contributed by atoms with Crippen LogP contribution in [0.4, 0.5) is 0 Å². The van der Waals surface area contributed by atoms with Gasteiger partial charge in [0.05, 0.1) is 0 Å². The fraction of sp³-hybridized carbons (Fsp3) is 1.00. The average molecular weight is 216 g/mol. The van der Waals surface area contributed by atoms with Gasteiger partial charge >= 0.3 is 0 Å². The van der Waals surface area contributed by atoms with Crippen LogP contribution < -0.4 is 0 Å². The predicted octanol–water partition coefficient (Wildman–Crippen LogP) is 3.53. The van der Waals surface area contributed by atoms with E-state index in [2.05, 4.69) is 6.92 Å². The number of aliphatic hydroxyl groups is 1. The molecule has 92 valence electrons. The lowest BCUT2D eigenvalue weighted by molar-refractivity contribution is 0.125. The summed E-state index contributed by atoms with van der Waals surface area (Å²) in [4.78, 5) is 0. The second kappa shape index (κ2) is 13.9. The van der Waals surface area contributed by atoms with Crippen molar-refractivity contribution in [3.8, 4) is 0 Å². The molecule has 0 radical (unpaired) electrons. The molecular weight excluding hydrogens is 188 g/mol. The third kappa shape index (κ3) is 13.9. The Labute approximate surface area is 95.0 Å². The minimum absolute atomic E-state index is 0.332. The first-order valence-corrected chi connectivity index (χ1v) is 6.60. The van der Waals surface area contributed by atoms with Crippen molar-refractivity contribution in [2.45, 2.75) is 64.7 Å². The SMILES string of the molecule is CCCCCCCOCCCCCCO. The zero-order valence-electron chi connectivity index (χ0n) is 10.3. The summed E-state index contributed by atoms with van der Waals surface area (Å²) in [6, 6.07) is 0. The molecule has 0 aromatic heterocycles.